The van der Waals surface area contributed by atoms with Crippen molar-refractivity contribution in [1.82, 2.24) is 0 Å². The molecule has 0 saturated heterocycles. The number of alkyl halides is 3. The summed E-state index contributed by atoms with van der Waals surface area (Å²) in [4.78, 5) is 11.0. The van der Waals surface area contributed by atoms with Gasteiger partial charge in [-0.25, -0.2) is 4.79 Å². The van der Waals surface area contributed by atoms with Crippen molar-refractivity contribution in [2.75, 3.05) is 6.61 Å². The number of halogens is 3. The van der Waals surface area contributed by atoms with Crippen molar-refractivity contribution < 1.29 is 22.7 Å². The van der Waals surface area contributed by atoms with Crippen LogP contribution < -0.4 is 0 Å². The molecule has 0 spiro atoms. The number of hydrogen-bond donors (Lipinski definition) is 0. The van der Waals surface area contributed by atoms with Crippen molar-refractivity contribution in [1.29, 1.82) is 0 Å². The highest BCUT2D eigenvalue weighted by atomic mass is 19.4. The summed E-state index contributed by atoms with van der Waals surface area (Å²) in [5.74, 6) is -0.570. The van der Waals surface area contributed by atoms with Gasteiger partial charge in [0, 0.05) is 11.6 Å². The van der Waals surface area contributed by atoms with E-state index in [1.54, 1.807) is 0 Å². The highest BCUT2D eigenvalue weighted by molar-refractivity contribution is 5.83. The molecule has 5 heteroatoms. The van der Waals surface area contributed by atoms with Crippen LogP contribution in [0, 0.1) is 5.92 Å². The van der Waals surface area contributed by atoms with Gasteiger partial charge in [-0.15, -0.1) is 0 Å². The van der Waals surface area contributed by atoms with Crippen LogP contribution in [0.3, 0.4) is 0 Å². The molecule has 0 radical (unpaired) electrons. The first-order valence-corrected chi connectivity index (χ1v) is 5.21. The minimum absolute atomic E-state index is 0.155. The van der Waals surface area contributed by atoms with Gasteiger partial charge in [-0.05, 0) is 18.8 Å². The van der Waals surface area contributed by atoms with E-state index in [9.17, 15) is 18.0 Å². The topological polar surface area (TPSA) is 26.3 Å². The average molecular weight is 238 g/mol. The van der Waals surface area contributed by atoms with E-state index in [-0.39, 0.29) is 13.0 Å². The first-order valence-electron chi connectivity index (χ1n) is 5.21. The van der Waals surface area contributed by atoms with Crippen LogP contribution in [0.25, 0.3) is 0 Å². The zero-order chi connectivity index (χ0) is 12.8. The second kappa shape index (κ2) is 6.55. The van der Waals surface area contributed by atoms with Crippen molar-refractivity contribution in [2.45, 2.75) is 39.8 Å². The van der Waals surface area contributed by atoms with Crippen LogP contribution >= 0.6 is 0 Å². The smallest absolute Gasteiger partial charge is 0.412 e. The molecular weight excluding hydrogens is 221 g/mol. The summed E-state index contributed by atoms with van der Waals surface area (Å²) in [7, 11) is 0. The Morgan fingerprint density at radius 3 is 2.31 bits per heavy atom. The van der Waals surface area contributed by atoms with E-state index < -0.39 is 17.7 Å². The third-order valence-corrected chi connectivity index (χ3v) is 1.98. The lowest BCUT2D eigenvalue weighted by Gasteiger charge is -2.09. The molecule has 94 valence electrons. The summed E-state index contributed by atoms with van der Waals surface area (Å²) in [6, 6.07) is 0. The van der Waals surface area contributed by atoms with E-state index in [1.165, 1.54) is 6.92 Å². The molecule has 0 aliphatic heterocycles. The van der Waals surface area contributed by atoms with Crippen LogP contribution in [0.4, 0.5) is 13.2 Å². The number of esters is 1. The fourth-order valence-electron chi connectivity index (χ4n) is 0.963. The van der Waals surface area contributed by atoms with Gasteiger partial charge in [0.2, 0.25) is 0 Å². The van der Waals surface area contributed by atoms with E-state index >= 15 is 0 Å². The molecule has 0 N–H and O–H groups in total. The molecule has 0 aromatic carbocycles. The van der Waals surface area contributed by atoms with Gasteiger partial charge in [0.1, 0.15) is 0 Å². The largest absolute Gasteiger partial charge is 0.463 e. The number of hydrogen-bond acceptors (Lipinski definition) is 2. The van der Waals surface area contributed by atoms with Crippen molar-refractivity contribution in [3.63, 3.8) is 0 Å². The Morgan fingerprint density at radius 1 is 1.38 bits per heavy atom. The average Bonchev–Trinajstić information content (AvgIpc) is 2.11. The Hall–Kier alpha value is -1.00. The molecule has 0 aliphatic rings. The Labute approximate surface area is 93.5 Å². The summed E-state index contributed by atoms with van der Waals surface area (Å²) in [5, 5.41) is 0. The molecule has 0 bridgehead atoms. The van der Waals surface area contributed by atoms with Crippen molar-refractivity contribution in [3.8, 4) is 0 Å². The van der Waals surface area contributed by atoms with E-state index in [4.69, 9.17) is 0 Å². The molecule has 0 amide bonds. The zero-order valence-electron chi connectivity index (χ0n) is 9.73. The lowest BCUT2D eigenvalue weighted by molar-refractivity contribution is -0.139. The molecule has 0 unspecified atom stereocenters. The van der Waals surface area contributed by atoms with Crippen LogP contribution in [0.5, 0.6) is 0 Å². The lowest BCUT2D eigenvalue weighted by Crippen LogP contribution is -2.14. The molecule has 2 nitrogen and oxygen atoms in total. The zero-order valence-corrected chi connectivity index (χ0v) is 9.73. The monoisotopic (exact) mass is 238 g/mol. The normalized spacial score (nSPS) is 13.1. The van der Waals surface area contributed by atoms with Crippen LogP contribution in [0.15, 0.2) is 11.6 Å². The fraction of sp³-hybridized carbons (Fsp3) is 0.727. The van der Waals surface area contributed by atoms with Gasteiger partial charge in [-0.3, -0.25) is 0 Å². The molecule has 0 atom stereocenters. The SMILES string of the molecule is CC/C(=C\C(=O)OCCC(C)C)C(F)(F)F. The Balaban J connectivity index is 4.23. The first-order chi connectivity index (χ1) is 7.27. The third kappa shape index (κ3) is 6.48. The summed E-state index contributed by atoms with van der Waals surface area (Å²) in [6.45, 7) is 5.39. The van der Waals surface area contributed by atoms with Crippen LogP contribution in [0.2, 0.25) is 0 Å². The van der Waals surface area contributed by atoms with E-state index in [0.29, 0.717) is 18.4 Å². The Bertz CT molecular complexity index is 254. The van der Waals surface area contributed by atoms with Crippen LogP contribution in [-0.2, 0) is 9.53 Å². The molecule has 0 saturated carbocycles. The maximum Gasteiger partial charge on any atom is 0.412 e. The summed E-state index contributed by atoms with van der Waals surface area (Å²) < 4.78 is 41.4. The molecule has 0 aliphatic carbocycles. The summed E-state index contributed by atoms with van der Waals surface area (Å²) in [5.41, 5.74) is -0.859. The minimum Gasteiger partial charge on any atom is -0.463 e. The number of carbonyl (C=O) groups is 1. The molecule has 0 aromatic heterocycles. The standard InChI is InChI=1S/C11H17F3O2/c1-4-9(11(12,13)14)7-10(15)16-6-5-8(2)3/h7-8H,4-6H2,1-3H3/b9-7+. The molecule has 16 heavy (non-hydrogen) atoms. The predicted octanol–water partition coefficient (Wildman–Crippen LogP) is 3.47. The van der Waals surface area contributed by atoms with Crippen LogP contribution in [0.1, 0.15) is 33.6 Å². The van der Waals surface area contributed by atoms with E-state index in [1.807, 2.05) is 13.8 Å². The summed E-state index contributed by atoms with van der Waals surface area (Å²) in [6.07, 6.45) is -3.51. The number of ether oxygens (including phenoxy) is 1. The Kier molecular flexibility index (Phi) is 6.14. The maximum atomic E-state index is 12.3. The highest BCUT2D eigenvalue weighted by Crippen LogP contribution is 2.27. The van der Waals surface area contributed by atoms with Gasteiger partial charge >= 0.3 is 12.1 Å². The third-order valence-electron chi connectivity index (χ3n) is 1.98. The number of rotatable bonds is 5. The maximum absolute atomic E-state index is 12.3. The van der Waals surface area contributed by atoms with Crippen molar-refractivity contribution in [3.05, 3.63) is 11.6 Å². The predicted molar refractivity (Wildman–Crippen MR) is 54.8 cm³/mol. The molecular formula is C11H17F3O2. The van der Waals surface area contributed by atoms with Gasteiger partial charge in [0.05, 0.1) is 6.61 Å². The van der Waals surface area contributed by atoms with Gasteiger partial charge < -0.3 is 4.74 Å². The molecule has 0 rings (SSSR count). The van der Waals surface area contributed by atoms with Gasteiger partial charge in [-0.1, -0.05) is 20.8 Å². The number of carbonyl (C=O) groups excluding carboxylic acids is 1. The fourth-order valence-corrected chi connectivity index (χ4v) is 0.963. The van der Waals surface area contributed by atoms with Gasteiger partial charge in [0.25, 0.3) is 0 Å². The van der Waals surface area contributed by atoms with E-state index in [2.05, 4.69) is 4.74 Å². The lowest BCUT2D eigenvalue weighted by atomic mass is 10.1. The molecule has 0 heterocycles. The molecule has 0 fully saturated rings. The van der Waals surface area contributed by atoms with E-state index in [0.717, 1.165) is 0 Å². The second-order valence-corrected chi connectivity index (χ2v) is 3.87. The minimum atomic E-state index is -4.45. The summed E-state index contributed by atoms with van der Waals surface area (Å²) >= 11 is 0. The van der Waals surface area contributed by atoms with Gasteiger partial charge in [0.15, 0.2) is 0 Å². The first kappa shape index (κ1) is 15.0. The van der Waals surface area contributed by atoms with Crippen molar-refractivity contribution >= 4 is 5.97 Å². The van der Waals surface area contributed by atoms with Crippen molar-refractivity contribution in [2.24, 2.45) is 5.92 Å². The highest BCUT2D eigenvalue weighted by Gasteiger charge is 2.32. The molecule has 0 aromatic rings. The van der Waals surface area contributed by atoms with Crippen LogP contribution in [-0.4, -0.2) is 18.8 Å². The number of allylic oxidation sites excluding steroid dienone is 1. The Morgan fingerprint density at radius 2 is 1.94 bits per heavy atom. The van der Waals surface area contributed by atoms with Gasteiger partial charge in [-0.2, -0.15) is 13.2 Å². The quantitative estimate of drug-likeness (QED) is 0.541. The second-order valence-electron chi connectivity index (χ2n) is 3.87.